The average molecular weight is 281 g/mol. The van der Waals surface area contributed by atoms with Crippen LogP contribution in [0.4, 0.5) is 0 Å². The van der Waals surface area contributed by atoms with Gasteiger partial charge in [-0.2, -0.15) is 0 Å². The number of carbonyl (C=O) groups is 1. The second kappa shape index (κ2) is 6.40. The van der Waals surface area contributed by atoms with Gasteiger partial charge in [-0.3, -0.25) is 9.69 Å². The fourth-order valence-corrected chi connectivity index (χ4v) is 3.13. The molecule has 3 nitrogen and oxygen atoms in total. The number of hydrogen-bond donors (Lipinski definition) is 1. The summed E-state index contributed by atoms with van der Waals surface area (Å²) in [5.41, 5.74) is 6.44. The van der Waals surface area contributed by atoms with Crippen LogP contribution in [0, 0.1) is 5.92 Å². The van der Waals surface area contributed by atoms with E-state index in [0.29, 0.717) is 18.4 Å². The number of rotatable bonds is 4. The van der Waals surface area contributed by atoms with E-state index < -0.39 is 0 Å². The van der Waals surface area contributed by atoms with E-state index in [2.05, 4.69) is 17.9 Å². The van der Waals surface area contributed by atoms with Gasteiger partial charge in [-0.25, -0.2) is 0 Å². The number of amides is 1. The van der Waals surface area contributed by atoms with Crippen LogP contribution in [0.1, 0.15) is 37.8 Å². The van der Waals surface area contributed by atoms with Crippen LogP contribution in [0.15, 0.2) is 24.3 Å². The molecule has 4 heteroatoms. The molecule has 0 aliphatic carbocycles. The third kappa shape index (κ3) is 3.71. The Kier molecular flexibility index (Phi) is 4.83. The summed E-state index contributed by atoms with van der Waals surface area (Å²) >= 11 is 6.25. The fourth-order valence-electron chi connectivity index (χ4n) is 2.84. The molecule has 0 saturated carbocycles. The zero-order chi connectivity index (χ0) is 13.8. The number of primary amides is 1. The number of nitrogens with zero attached hydrogens (tertiary/aromatic N) is 1. The SMILES string of the molecule is C[C@H](c1ccccc1Cl)N1CCC(CC(N)=O)CC1. The summed E-state index contributed by atoms with van der Waals surface area (Å²) in [6, 6.07) is 8.33. The molecule has 104 valence electrons. The molecule has 0 bridgehead atoms. The molecule has 1 aromatic rings. The zero-order valence-corrected chi connectivity index (χ0v) is 12.1. The van der Waals surface area contributed by atoms with Crippen LogP contribution in [-0.2, 0) is 4.79 Å². The molecule has 1 aliphatic rings. The number of likely N-dealkylation sites (tertiary alicyclic amines) is 1. The number of hydrogen-bond acceptors (Lipinski definition) is 2. The Balaban J connectivity index is 1.94. The highest BCUT2D eigenvalue weighted by Crippen LogP contribution is 2.31. The lowest BCUT2D eigenvalue weighted by atomic mass is 9.92. The van der Waals surface area contributed by atoms with E-state index in [1.807, 2.05) is 18.2 Å². The van der Waals surface area contributed by atoms with Crippen molar-refractivity contribution in [3.63, 3.8) is 0 Å². The molecule has 1 amide bonds. The van der Waals surface area contributed by atoms with Crippen molar-refractivity contribution >= 4 is 17.5 Å². The molecule has 1 atom stereocenters. The third-order valence-electron chi connectivity index (χ3n) is 4.04. The maximum Gasteiger partial charge on any atom is 0.217 e. The smallest absolute Gasteiger partial charge is 0.217 e. The minimum Gasteiger partial charge on any atom is -0.370 e. The van der Waals surface area contributed by atoms with E-state index in [4.69, 9.17) is 17.3 Å². The van der Waals surface area contributed by atoms with E-state index in [1.165, 1.54) is 5.56 Å². The first kappa shape index (κ1) is 14.4. The van der Waals surface area contributed by atoms with Gasteiger partial charge in [0.2, 0.25) is 5.91 Å². The maximum absolute atomic E-state index is 10.9. The van der Waals surface area contributed by atoms with E-state index in [-0.39, 0.29) is 5.91 Å². The second-order valence-corrected chi connectivity index (χ2v) is 5.75. The summed E-state index contributed by atoms with van der Waals surface area (Å²) in [6.07, 6.45) is 2.60. The second-order valence-electron chi connectivity index (χ2n) is 5.35. The van der Waals surface area contributed by atoms with Crippen LogP contribution in [0.2, 0.25) is 5.02 Å². The lowest BCUT2D eigenvalue weighted by Crippen LogP contribution is -2.36. The predicted octanol–water partition coefficient (Wildman–Crippen LogP) is 2.99. The van der Waals surface area contributed by atoms with E-state index in [0.717, 1.165) is 31.0 Å². The van der Waals surface area contributed by atoms with Crippen molar-refractivity contribution < 1.29 is 4.79 Å². The van der Waals surface area contributed by atoms with Gasteiger partial charge in [0.15, 0.2) is 0 Å². The quantitative estimate of drug-likeness (QED) is 0.922. The Labute approximate surface area is 119 Å². The number of carbonyl (C=O) groups excluding carboxylic acids is 1. The van der Waals surface area contributed by atoms with Crippen molar-refractivity contribution in [2.75, 3.05) is 13.1 Å². The Morgan fingerprint density at radius 1 is 1.42 bits per heavy atom. The van der Waals surface area contributed by atoms with Crippen molar-refractivity contribution in [3.8, 4) is 0 Å². The predicted molar refractivity (Wildman–Crippen MR) is 78.0 cm³/mol. The van der Waals surface area contributed by atoms with Gasteiger partial charge in [-0.15, -0.1) is 0 Å². The summed E-state index contributed by atoms with van der Waals surface area (Å²) in [5.74, 6) is 0.268. The monoisotopic (exact) mass is 280 g/mol. The largest absolute Gasteiger partial charge is 0.370 e. The minimum atomic E-state index is -0.183. The highest BCUT2D eigenvalue weighted by atomic mass is 35.5. The first-order chi connectivity index (χ1) is 9.08. The van der Waals surface area contributed by atoms with Crippen molar-refractivity contribution in [3.05, 3.63) is 34.9 Å². The number of piperidine rings is 1. The molecule has 1 heterocycles. The van der Waals surface area contributed by atoms with Gasteiger partial charge < -0.3 is 5.73 Å². The molecular weight excluding hydrogens is 260 g/mol. The highest BCUT2D eigenvalue weighted by Gasteiger charge is 2.25. The first-order valence-electron chi connectivity index (χ1n) is 6.84. The van der Waals surface area contributed by atoms with Gasteiger partial charge in [0.05, 0.1) is 0 Å². The van der Waals surface area contributed by atoms with E-state index in [1.54, 1.807) is 0 Å². The number of nitrogens with two attached hydrogens (primary N) is 1. The molecule has 1 aliphatic heterocycles. The molecule has 0 radical (unpaired) electrons. The average Bonchev–Trinajstić information content (AvgIpc) is 2.39. The van der Waals surface area contributed by atoms with Crippen molar-refractivity contribution in [2.24, 2.45) is 11.7 Å². The lowest BCUT2D eigenvalue weighted by Gasteiger charge is -2.36. The standard InChI is InChI=1S/C15H21ClN2O/c1-11(13-4-2-3-5-14(13)16)18-8-6-12(7-9-18)10-15(17)19/h2-5,11-12H,6-10H2,1H3,(H2,17,19)/t11-/m1/s1. The topological polar surface area (TPSA) is 46.3 Å². The molecule has 1 fully saturated rings. The Morgan fingerprint density at radius 2 is 2.05 bits per heavy atom. The van der Waals surface area contributed by atoms with Crippen LogP contribution in [-0.4, -0.2) is 23.9 Å². The van der Waals surface area contributed by atoms with Gasteiger partial charge in [0.25, 0.3) is 0 Å². The van der Waals surface area contributed by atoms with Crippen molar-refractivity contribution in [1.82, 2.24) is 4.90 Å². The molecule has 1 aromatic carbocycles. The fraction of sp³-hybridized carbons (Fsp3) is 0.533. The number of benzene rings is 1. The lowest BCUT2D eigenvalue weighted by molar-refractivity contribution is -0.119. The molecule has 0 aromatic heterocycles. The zero-order valence-electron chi connectivity index (χ0n) is 11.3. The summed E-state index contributed by atoms with van der Waals surface area (Å²) < 4.78 is 0. The molecular formula is C15H21ClN2O. The summed E-state index contributed by atoms with van der Waals surface area (Å²) in [7, 11) is 0. The Morgan fingerprint density at radius 3 is 2.63 bits per heavy atom. The summed E-state index contributed by atoms with van der Waals surface area (Å²) in [6.45, 7) is 4.20. The summed E-state index contributed by atoms with van der Waals surface area (Å²) in [5, 5.41) is 0.828. The first-order valence-corrected chi connectivity index (χ1v) is 7.22. The molecule has 2 N–H and O–H groups in total. The van der Waals surface area contributed by atoms with Crippen molar-refractivity contribution in [2.45, 2.75) is 32.2 Å². The molecule has 2 rings (SSSR count). The van der Waals surface area contributed by atoms with Gasteiger partial charge in [0.1, 0.15) is 0 Å². The number of halogens is 1. The van der Waals surface area contributed by atoms with Crippen LogP contribution < -0.4 is 5.73 Å². The van der Waals surface area contributed by atoms with Crippen molar-refractivity contribution in [1.29, 1.82) is 0 Å². The Bertz CT molecular complexity index is 442. The van der Waals surface area contributed by atoms with Crippen LogP contribution in [0.25, 0.3) is 0 Å². The highest BCUT2D eigenvalue weighted by molar-refractivity contribution is 6.31. The van der Waals surface area contributed by atoms with Gasteiger partial charge >= 0.3 is 0 Å². The van der Waals surface area contributed by atoms with Crippen LogP contribution in [0.3, 0.4) is 0 Å². The van der Waals surface area contributed by atoms with Gasteiger partial charge in [-0.05, 0) is 50.4 Å². The van der Waals surface area contributed by atoms with Crippen LogP contribution >= 0.6 is 11.6 Å². The van der Waals surface area contributed by atoms with Crippen LogP contribution in [0.5, 0.6) is 0 Å². The van der Waals surface area contributed by atoms with E-state index >= 15 is 0 Å². The molecule has 0 unspecified atom stereocenters. The minimum absolute atomic E-state index is 0.183. The normalized spacial score (nSPS) is 19.3. The third-order valence-corrected chi connectivity index (χ3v) is 4.39. The Hall–Kier alpha value is -1.06. The molecule has 19 heavy (non-hydrogen) atoms. The molecule has 0 spiro atoms. The summed E-state index contributed by atoms with van der Waals surface area (Å²) in [4.78, 5) is 13.4. The molecule has 1 saturated heterocycles. The van der Waals surface area contributed by atoms with Gasteiger partial charge in [0, 0.05) is 17.5 Å². The van der Waals surface area contributed by atoms with E-state index in [9.17, 15) is 4.79 Å². The van der Waals surface area contributed by atoms with Gasteiger partial charge in [-0.1, -0.05) is 29.8 Å². The maximum atomic E-state index is 10.9.